The number of rotatable bonds is 4. The van der Waals surface area contributed by atoms with Crippen molar-refractivity contribution in [3.8, 4) is 0 Å². The summed E-state index contributed by atoms with van der Waals surface area (Å²) in [4.78, 5) is 5.21. The molecule has 1 aliphatic heterocycles. The first-order valence-corrected chi connectivity index (χ1v) is 4.90. The molecule has 13 heavy (non-hydrogen) atoms. The Morgan fingerprint density at radius 3 is 2.85 bits per heavy atom. The zero-order chi connectivity index (χ0) is 9.73. The number of piperidine rings is 1. The van der Waals surface area contributed by atoms with E-state index in [2.05, 4.69) is 0 Å². The molecule has 1 rings (SSSR count). The van der Waals surface area contributed by atoms with Gasteiger partial charge < -0.3 is 0 Å². The second-order valence-corrected chi connectivity index (χ2v) is 3.51. The molecule has 1 saturated heterocycles. The quantitative estimate of drug-likeness (QED) is 0.636. The molecule has 0 amide bonds. The lowest BCUT2D eigenvalue weighted by atomic mass is 10.1. The van der Waals surface area contributed by atoms with Crippen molar-refractivity contribution in [1.29, 1.82) is 0 Å². The Bertz CT molecular complexity index is 153. The fourth-order valence-electron chi connectivity index (χ4n) is 1.38. The number of unbranched alkanes of at least 4 members (excludes halogenated alkanes) is 1. The highest BCUT2D eigenvalue weighted by atomic mass is 19.3. The SMILES string of the molecule is CCCCON1CCCC(F)(F)C1. The predicted octanol–water partition coefficient (Wildman–Crippen LogP) is 2.45. The molecule has 1 heterocycles. The van der Waals surface area contributed by atoms with E-state index < -0.39 is 5.92 Å². The number of hydroxylamine groups is 2. The maximum atomic E-state index is 12.8. The molecule has 0 radical (unpaired) electrons. The summed E-state index contributed by atoms with van der Waals surface area (Å²) in [6.45, 7) is 3.01. The molecule has 0 bridgehead atoms. The van der Waals surface area contributed by atoms with Crippen molar-refractivity contribution in [2.24, 2.45) is 0 Å². The summed E-state index contributed by atoms with van der Waals surface area (Å²) in [6.07, 6.45) is 2.49. The molecule has 0 atom stereocenters. The molecule has 2 nitrogen and oxygen atoms in total. The molecule has 0 unspecified atom stereocenters. The standard InChI is InChI=1S/C9H17F2NO/c1-2-3-7-13-12-6-4-5-9(10,11)8-12/h2-8H2,1H3. The minimum Gasteiger partial charge on any atom is -0.299 e. The monoisotopic (exact) mass is 193 g/mol. The van der Waals surface area contributed by atoms with Crippen LogP contribution in [0.15, 0.2) is 0 Å². The third-order valence-corrected chi connectivity index (χ3v) is 2.13. The topological polar surface area (TPSA) is 12.5 Å². The maximum absolute atomic E-state index is 12.8. The summed E-state index contributed by atoms with van der Waals surface area (Å²) >= 11 is 0. The average Bonchev–Trinajstić information content (AvgIpc) is 2.03. The summed E-state index contributed by atoms with van der Waals surface area (Å²) in [7, 11) is 0. The Balaban J connectivity index is 2.19. The number of hydrogen-bond acceptors (Lipinski definition) is 2. The van der Waals surface area contributed by atoms with Gasteiger partial charge in [-0.1, -0.05) is 13.3 Å². The molecular weight excluding hydrogens is 176 g/mol. The van der Waals surface area contributed by atoms with Crippen molar-refractivity contribution in [3.05, 3.63) is 0 Å². The van der Waals surface area contributed by atoms with E-state index >= 15 is 0 Å². The van der Waals surface area contributed by atoms with Crippen LogP contribution >= 0.6 is 0 Å². The van der Waals surface area contributed by atoms with E-state index in [-0.39, 0.29) is 13.0 Å². The van der Waals surface area contributed by atoms with Crippen molar-refractivity contribution < 1.29 is 13.6 Å². The van der Waals surface area contributed by atoms with Gasteiger partial charge in [0.1, 0.15) is 0 Å². The smallest absolute Gasteiger partial charge is 0.262 e. The largest absolute Gasteiger partial charge is 0.299 e. The number of halogens is 2. The highest BCUT2D eigenvalue weighted by Crippen LogP contribution is 2.26. The van der Waals surface area contributed by atoms with Gasteiger partial charge in [-0.05, 0) is 12.8 Å². The number of hydrogen-bond donors (Lipinski definition) is 0. The van der Waals surface area contributed by atoms with Gasteiger partial charge in [-0.2, -0.15) is 5.06 Å². The van der Waals surface area contributed by atoms with Gasteiger partial charge in [-0.3, -0.25) is 4.84 Å². The van der Waals surface area contributed by atoms with Gasteiger partial charge in [0.05, 0.1) is 13.2 Å². The van der Waals surface area contributed by atoms with Crippen LogP contribution < -0.4 is 0 Å². The number of alkyl halides is 2. The minimum absolute atomic E-state index is 0.000633. The van der Waals surface area contributed by atoms with Crippen LogP contribution in [0.4, 0.5) is 8.78 Å². The minimum atomic E-state index is -2.55. The van der Waals surface area contributed by atoms with E-state index in [4.69, 9.17) is 4.84 Å². The fourth-order valence-corrected chi connectivity index (χ4v) is 1.38. The van der Waals surface area contributed by atoms with E-state index in [1.54, 1.807) is 0 Å². The molecule has 0 spiro atoms. The molecule has 0 N–H and O–H groups in total. The highest BCUT2D eigenvalue weighted by Gasteiger charge is 2.35. The van der Waals surface area contributed by atoms with E-state index in [0.717, 1.165) is 12.8 Å². The van der Waals surface area contributed by atoms with Crippen LogP contribution in [-0.4, -0.2) is 30.7 Å². The molecular formula is C9H17F2NO. The summed E-state index contributed by atoms with van der Waals surface area (Å²) in [5.41, 5.74) is 0. The van der Waals surface area contributed by atoms with Crippen LogP contribution in [0.25, 0.3) is 0 Å². The van der Waals surface area contributed by atoms with Crippen molar-refractivity contribution in [3.63, 3.8) is 0 Å². The Hall–Kier alpha value is -0.220. The van der Waals surface area contributed by atoms with Gasteiger partial charge in [0, 0.05) is 13.0 Å². The van der Waals surface area contributed by atoms with Crippen molar-refractivity contribution in [1.82, 2.24) is 5.06 Å². The van der Waals surface area contributed by atoms with E-state index in [9.17, 15) is 8.78 Å². The van der Waals surface area contributed by atoms with E-state index in [0.29, 0.717) is 19.6 Å². The number of nitrogens with zero attached hydrogens (tertiary/aromatic N) is 1. The van der Waals surface area contributed by atoms with Crippen LogP contribution in [0, 0.1) is 0 Å². The van der Waals surface area contributed by atoms with Gasteiger partial charge in [-0.25, -0.2) is 8.78 Å². The van der Waals surface area contributed by atoms with Crippen LogP contribution in [0.2, 0.25) is 0 Å². The first kappa shape index (κ1) is 10.9. The highest BCUT2D eigenvalue weighted by molar-refractivity contribution is 4.74. The van der Waals surface area contributed by atoms with Gasteiger partial charge in [0.2, 0.25) is 0 Å². The molecule has 0 aromatic heterocycles. The predicted molar refractivity (Wildman–Crippen MR) is 46.6 cm³/mol. The summed E-state index contributed by atoms with van der Waals surface area (Å²) < 4.78 is 25.7. The van der Waals surface area contributed by atoms with Gasteiger partial charge >= 0.3 is 0 Å². The first-order chi connectivity index (χ1) is 6.14. The second kappa shape index (κ2) is 4.86. The Kier molecular flexibility index (Phi) is 4.06. The molecule has 1 aliphatic rings. The van der Waals surface area contributed by atoms with Gasteiger partial charge in [-0.15, -0.1) is 0 Å². The molecule has 0 aliphatic carbocycles. The third-order valence-electron chi connectivity index (χ3n) is 2.13. The van der Waals surface area contributed by atoms with E-state index in [1.165, 1.54) is 5.06 Å². The van der Waals surface area contributed by atoms with Gasteiger partial charge in [0.15, 0.2) is 0 Å². The van der Waals surface area contributed by atoms with Crippen molar-refractivity contribution in [2.75, 3.05) is 19.7 Å². The fraction of sp³-hybridized carbons (Fsp3) is 1.00. The van der Waals surface area contributed by atoms with Crippen LogP contribution in [0.1, 0.15) is 32.6 Å². The third kappa shape index (κ3) is 4.00. The summed E-state index contributed by atoms with van der Waals surface area (Å²) in [5.74, 6) is -2.55. The summed E-state index contributed by atoms with van der Waals surface area (Å²) in [6, 6.07) is 0. The lowest BCUT2D eigenvalue weighted by molar-refractivity contribution is -0.219. The van der Waals surface area contributed by atoms with Crippen molar-refractivity contribution >= 4 is 0 Å². The molecule has 4 heteroatoms. The first-order valence-electron chi connectivity index (χ1n) is 4.90. The zero-order valence-electron chi connectivity index (χ0n) is 8.06. The Morgan fingerprint density at radius 2 is 2.23 bits per heavy atom. The second-order valence-electron chi connectivity index (χ2n) is 3.51. The molecule has 0 aromatic carbocycles. The average molecular weight is 193 g/mol. The Labute approximate surface area is 77.8 Å². The molecule has 1 fully saturated rings. The van der Waals surface area contributed by atoms with E-state index in [1.807, 2.05) is 6.92 Å². The molecule has 0 saturated carbocycles. The van der Waals surface area contributed by atoms with Crippen LogP contribution in [0.3, 0.4) is 0 Å². The molecule has 0 aromatic rings. The maximum Gasteiger partial charge on any atom is 0.262 e. The van der Waals surface area contributed by atoms with Crippen molar-refractivity contribution in [2.45, 2.75) is 38.5 Å². The van der Waals surface area contributed by atoms with Crippen LogP contribution in [-0.2, 0) is 4.84 Å². The molecule has 78 valence electrons. The Morgan fingerprint density at radius 1 is 1.46 bits per heavy atom. The lowest BCUT2D eigenvalue weighted by Crippen LogP contribution is -2.42. The van der Waals surface area contributed by atoms with Crippen LogP contribution in [0.5, 0.6) is 0 Å². The van der Waals surface area contributed by atoms with Gasteiger partial charge in [0.25, 0.3) is 5.92 Å². The summed E-state index contributed by atoms with van der Waals surface area (Å²) in [5, 5.41) is 1.40. The normalized spacial score (nSPS) is 23.3. The lowest BCUT2D eigenvalue weighted by Gasteiger charge is -2.31. The zero-order valence-corrected chi connectivity index (χ0v) is 8.06.